The number of fused-ring (bicyclic) bond motifs is 2. The summed E-state index contributed by atoms with van der Waals surface area (Å²) in [7, 11) is -3.71. The van der Waals surface area contributed by atoms with Gasteiger partial charge >= 0.3 is 6.09 Å². The van der Waals surface area contributed by atoms with E-state index in [0.717, 1.165) is 28.3 Å². The van der Waals surface area contributed by atoms with Crippen molar-refractivity contribution < 1.29 is 18.3 Å². The number of hydrogen-bond donors (Lipinski definition) is 1. The van der Waals surface area contributed by atoms with Crippen molar-refractivity contribution in [2.45, 2.75) is 30.6 Å². The first kappa shape index (κ1) is 25.0. The Hall–Kier alpha value is -3.62. The number of rotatable bonds is 4. The lowest BCUT2D eigenvalue weighted by atomic mass is 10.0. The Morgan fingerprint density at radius 2 is 1.92 bits per heavy atom. The Morgan fingerprint density at radius 1 is 1.16 bits per heavy atom. The predicted molar refractivity (Wildman–Crippen MR) is 140 cm³/mol. The molecule has 3 heterocycles. The number of nitrogens with zero attached hydrogens (tertiary/aromatic N) is 6. The van der Waals surface area contributed by atoms with Gasteiger partial charge in [0.25, 0.3) is 0 Å². The summed E-state index contributed by atoms with van der Waals surface area (Å²) in [6.07, 6.45) is 0.595. The molecule has 1 fully saturated rings. The molecule has 0 saturated carbocycles. The number of amides is 1. The molecule has 1 atom stereocenters. The maximum absolute atomic E-state index is 12.5. The Kier molecular flexibility index (Phi) is 6.56. The van der Waals surface area contributed by atoms with Gasteiger partial charge in [0.15, 0.2) is 0 Å². The number of nitriles is 1. The SMILES string of the molecule is CS(=O)(=O)c1nc2c(c(N3CCN(C(=O)O)[C@@H](CC#N)C3)n1)CCN(c1cccc3cccc(Cl)c13)C2. The van der Waals surface area contributed by atoms with Crippen LogP contribution in [-0.4, -0.2) is 73.0 Å². The molecular formula is C25H25ClN6O4S. The smallest absolute Gasteiger partial charge is 0.407 e. The molecule has 5 rings (SSSR count). The van der Waals surface area contributed by atoms with E-state index in [2.05, 4.69) is 20.9 Å². The molecule has 0 radical (unpaired) electrons. The van der Waals surface area contributed by atoms with Gasteiger partial charge in [-0.1, -0.05) is 35.9 Å². The average molecular weight is 541 g/mol. The van der Waals surface area contributed by atoms with Gasteiger partial charge in [-0.05, 0) is 23.9 Å². The van der Waals surface area contributed by atoms with Crippen molar-refractivity contribution in [1.29, 1.82) is 5.26 Å². The van der Waals surface area contributed by atoms with E-state index in [0.29, 0.717) is 42.6 Å². The van der Waals surface area contributed by atoms with E-state index in [4.69, 9.17) is 11.6 Å². The predicted octanol–water partition coefficient (Wildman–Crippen LogP) is 3.33. The first-order chi connectivity index (χ1) is 17.7. The number of carbonyl (C=O) groups is 1. The maximum Gasteiger partial charge on any atom is 0.407 e. The molecule has 1 aromatic heterocycles. The molecule has 0 bridgehead atoms. The third-order valence-corrected chi connectivity index (χ3v) is 8.04. The van der Waals surface area contributed by atoms with Crippen LogP contribution in [0.1, 0.15) is 17.7 Å². The summed E-state index contributed by atoms with van der Waals surface area (Å²) in [5, 5.41) is 21.1. The van der Waals surface area contributed by atoms with Crippen molar-refractivity contribution in [1.82, 2.24) is 14.9 Å². The second kappa shape index (κ2) is 9.68. The number of hydrogen-bond acceptors (Lipinski definition) is 8. The van der Waals surface area contributed by atoms with Crippen molar-refractivity contribution in [3.05, 3.63) is 52.7 Å². The molecule has 10 nitrogen and oxygen atoms in total. The largest absolute Gasteiger partial charge is 0.465 e. The summed E-state index contributed by atoms with van der Waals surface area (Å²) in [5.41, 5.74) is 2.40. The summed E-state index contributed by atoms with van der Waals surface area (Å²) in [6, 6.07) is 13.2. The fourth-order valence-corrected chi connectivity index (χ4v) is 5.95. The molecule has 1 amide bonds. The third-order valence-electron chi connectivity index (χ3n) is 6.88. The molecular weight excluding hydrogens is 516 g/mol. The molecule has 2 aliphatic heterocycles. The van der Waals surface area contributed by atoms with E-state index in [1.165, 1.54) is 4.90 Å². The van der Waals surface area contributed by atoms with E-state index in [1.807, 2.05) is 41.3 Å². The summed E-state index contributed by atoms with van der Waals surface area (Å²) < 4.78 is 25.1. The first-order valence-corrected chi connectivity index (χ1v) is 14.1. The molecule has 192 valence electrons. The second-order valence-electron chi connectivity index (χ2n) is 9.25. The van der Waals surface area contributed by atoms with E-state index < -0.39 is 22.0 Å². The molecule has 0 aliphatic carbocycles. The van der Waals surface area contributed by atoms with Crippen molar-refractivity contribution in [2.24, 2.45) is 0 Å². The van der Waals surface area contributed by atoms with Gasteiger partial charge in [-0.2, -0.15) is 5.26 Å². The van der Waals surface area contributed by atoms with Gasteiger partial charge in [0.2, 0.25) is 15.0 Å². The van der Waals surface area contributed by atoms with E-state index in [-0.39, 0.29) is 24.7 Å². The highest BCUT2D eigenvalue weighted by Gasteiger charge is 2.34. The molecule has 2 aliphatic rings. The van der Waals surface area contributed by atoms with Gasteiger partial charge in [0.05, 0.1) is 35.8 Å². The molecule has 0 unspecified atom stereocenters. The minimum Gasteiger partial charge on any atom is -0.465 e. The zero-order chi connectivity index (χ0) is 26.3. The van der Waals surface area contributed by atoms with E-state index in [1.54, 1.807) is 0 Å². The van der Waals surface area contributed by atoms with Crippen LogP contribution < -0.4 is 9.80 Å². The number of halogens is 1. The average Bonchev–Trinajstić information content (AvgIpc) is 2.87. The van der Waals surface area contributed by atoms with Crippen molar-refractivity contribution in [3.63, 3.8) is 0 Å². The number of piperazine rings is 1. The molecule has 0 spiro atoms. The van der Waals surface area contributed by atoms with E-state index in [9.17, 15) is 23.6 Å². The topological polar surface area (TPSA) is 131 Å². The lowest BCUT2D eigenvalue weighted by molar-refractivity contribution is 0.119. The van der Waals surface area contributed by atoms with Crippen LogP contribution in [0.25, 0.3) is 10.8 Å². The third kappa shape index (κ3) is 4.74. The quantitative estimate of drug-likeness (QED) is 0.495. The Labute approximate surface area is 219 Å². The molecule has 37 heavy (non-hydrogen) atoms. The van der Waals surface area contributed by atoms with Crippen molar-refractivity contribution in [2.75, 3.05) is 42.2 Å². The molecule has 1 saturated heterocycles. The van der Waals surface area contributed by atoms with Crippen LogP contribution in [0.3, 0.4) is 0 Å². The van der Waals surface area contributed by atoms with Gasteiger partial charge in [-0.3, -0.25) is 0 Å². The molecule has 12 heteroatoms. The van der Waals surface area contributed by atoms with Gasteiger partial charge < -0.3 is 19.8 Å². The number of anilines is 2. The monoisotopic (exact) mass is 540 g/mol. The van der Waals surface area contributed by atoms with Crippen LogP contribution in [-0.2, 0) is 22.8 Å². The van der Waals surface area contributed by atoms with Gasteiger partial charge in [-0.15, -0.1) is 0 Å². The Balaban J connectivity index is 1.55. The normalized spacial score (nSPS) is 18.0. The van der Waals surface area contributed by atoms with Crippen LogP contribution in [0.2, 0.25) is 5.02 Å². The molecule has 1 N–H and O–H groups in total. The van der Waals surface area contributed by atoms with Crippen LogP contribution in [0.4, 0.5) is 16.3 Å². The zero-order valence-electron chi connectivity index (χ0n) is 20.1. The van der Waals surface area contributed by atoms with Crippen molar-refractivity contribution >= 4 is 49.8 Å². The summed E-state index contributed by atoms with van der Waals surface area (Å²) in [6.45, 7) is 1.78. The summed E-state index contributed by atoms with van der Waals surface area (Å²) in [5.74, 6) is 0.494. The van der Waals surface area contributed by atoms with Crippen LogP contribution in [0.5, 0.6) is 0 Å². The Morgan fingerprint density at radius 3 is 2.62 bits per heavy atom. The van der Waals surface area contributed by atoms with Crippen molar-refractivity contribution in [3.8, 4) is 6.07 Å². The number of aromatic nitrogens is 2. The van der Waals surface area contributed by atoms with Crippen LogP contribution in [0, 0.1) is 11.3 Å². The minimum atomic E-state index is -3.71. The second-order valence-corrected chi connectivity index (χ2v) is 11.6. The fraction of sp³-hybridized carbons (Fsp3) is 0.360. The fourth-order valence-electron chi connectivity index (χ4n) is 5.14. The summed E-state index contributed by atoms with van der Waals surface area (Å²) in [4.78, 5) is 25.9. The Bertz CT molecular complexity index is 1530. The highest BCUT2D eigenvalue weighted by Crippen LogP contribution is 2.37. The number of benzene rings is 2. The van der Waals surface area contributed by atoms with Crippen LogP contribution >= 0.6 is 11.6 Å². The molecule has 2 aromatic carbocycles. The lowest BCUT2D eigenvalue weighted by Crippen LogP contribution is -2.55. The number of carboxylic acid groups (broad SMARTS) is 1. The minimum absolute atomic E-state index is 0.0324. The standard InChI is InChI=1S/C25H25ClN6O4S/c1-37(35,36)24-28-20-15-30(21-7-3-5-16-4-2-6-19(26)22(16)21)11-9-18(20)23(29-24)31-12-13-32(25(33)34)17(14-31)8-10-27/h2-7,17H,8-9,11-15H2,1H3,(H,33,34)/t17-/m0/s1. The van der Waals surface area contributed by atoms with Crippen LogP contribution in [0.15, 0.2) is 41.6 Å². The molecule has 3 aromatic rings. The number of sulfone groups is 1. The first-order valence-electron chi connectivity index (χ1n) is 11.8. The highest BCUT2D eigenvalue weighted by atomic mass is 35.5. The van der Waals surface area contributed by atoms with E-state index >= 15 is 0 Å². The maximum atomic E-state index is 12.5. The summed E-state index contributed by atoms with van der Waals surface area (Å²) >= 11 is 6.56. The van der Waals surface area contributed by atoms with Gasteiger partial charge in [0, 0.05) is 49.1 Å². The highest BCUT2D eigenvalue weighted by molar-refractivity contribution is 7.90. The van der Waals surface area contributed by atoms with Gasteiger partial charge in [-0.25, -0.2) is 23.2 Å². The van der Waals surface area contributed by atoms with Gasteiger partial charge in [0.1, 0.15) is 5.82 Å². The zero-order valence-corrected chi connectivity index (χ0v) is 21.7. The lowest BCUT2D eigenvalue weighted by Gasteiger charge is -2.41.